The van der Waals surface area contributed by atoms with Crippen molar-refractivity contribution in [3.8, 4) is 0 Å². The molecular weight excluding hydrogens is 304 g/mol. The number of amides is 2. The van der Waals surface area contributed by atoms with Crippen molar-refractivity contribution in [3.05, 3.63) is 35.4 Å². The average Bonchev–Trinajstić information content (AvgIpc) is 2.60. The Morgan fingerprint density at radius 2 is 1.83 bits per heavy atom. The summed E-state index contributed by atoms with van der Waals surface area (Å²) in [5.41, 5.74) is 2.46. The molecule has 5 heteroatoms. The van der Waals surface area contributed by atoms with E-state index < -0.39 is 11.9 Å². The van der Waals surface area contributed by atoms with E-state index in [0.29, 0.717) is 12.5 Å². The molecule has 1 unspecified atom stereocenters. The monoisotopic (exact) mass is 332 g/mol. The van der Waals surface area contributed by atoms with Gasteiger partial charge in [0, 0.05) is 20.1 Å². The largest absolute Gasteiger partial charge is 0.481 e. The molecule has 5 nitrogen and oxygen atoms in total. The number of benzene rings is 1. The van der Waals surface area contributed by atoms with Crippen LogP contribution in [-0.2, 0) is 11.3 Å². The van der Waals surface area contributed by atoms with Gasteiger partial charge < -0.3 is 15.3 Å². The zero-order valence-electron chi connectivity index (χ0n) is 14.6. The lowest BCUT2D eigenvalue weighted by Gasteiger charge is -2.22. The lowest BCUT2D eigenvalue weighted by molar-refractivity contribution is -0.141. The molecule has 132 valence electrons. The normalized spacial score (nSPS) is 16.4. The van der Waals surface area contributed by atoms with Crippen LogP contribution in [0.4, 0.5) is 4.79 Å². The number of carboxylic acid groups (broad SMARTS) is 1. The Hall–Kier alpha value is -2.04. The van der Waals surface area contributed by atoms with E-state index in [-0.39, 0.29) is 12.6 Å². The van der Waals surface area contributed by atoms with Crippen LogP contribution in [0.1, 0.15) is 56.1 Å². The first-order valence-electron chi connectivity index (χ1n) is 8.78. The first kappa shape index (κ1) is 18.3. The number of rotatable bonds is 6. The molecule has 1 saturated carbocycles. The number of hydrogen-bond acceptors (Lipinski definition) is 2. The van der Waals surface area contributed by atoms with E-state index in [1.54, 1.807) is 14.0 Å². The zero-order valence-corrected chi connectivity index (χ0v) is 14.6. The summed E-state index contributed by atoms with van der Waals surface area (Å²) in [5.74, 6) is -0.783. The molecule has 1 aliphatic rings. The summed E-state index contributed by atoms with van der Waals surface area (Å²) in [7, 11) is 1.61. The Morgan fingerprint density at radius 1 is 1.21 bits per heavy atom. The highest BCUT2D eigenvalue weighted by atomic mass is 16.4. The first-order chi connectivity index (χ1) is 11.5. The second-order valence-corrected chi connectivity index (χ2v) is 6.86. The topological polar surface area (TPSA) is 69.6 Å². The molecule has 1 aromatic rings. The molecule has 0 bridgehead atoms. The van der Waals surface area contributed by atoms with E-state index >= 15 is 0 Å². The molecular formula is C19H28N2O3. The standard InChI is InChI=1S/C19H28N2O3/c1-14(18(22)23)13-21(2)19(24)20-12-15-8-10-17(11-9-15)16-6-4-3-5-7-16/h8-11,14,16H,3-7,12-13H2,1-2H3,(H,20,24)(H,22,23). The van der Waals surface area contributed by atoms with Gasteiger partial charge in [-0.05, 0) is 29.9 Å². The zero-order chi connectivity index (χ0) is 17.5. The fourth-order valence-electron chi connectivity index (χ4n) is 3.23. The van der Waals surface area contributed by atoms with Gasteiger partial charge in [0.25, 0.3) is 0 Å². The maximum absolute atomic E-state index is 12.0. The highest BCUT2D eigenvalue weighted by Crippen LogP contribution is 2.32. The highest BCUT2D eigenvalue weighted by Gasteiger charge is 2.17. The molecule has 1 fully saturated rings. The minimum Gasteiger partial charge on any atom is -0.481 e. The summed E-state index contributed by atoms with van der Waals surface area (Å²) < 4.78 is 0. The van der Waals surface area contributed by atoms with E-state index in [9.17, 15) is 9.59 Å². The summed E-state index contributed by atoms with van der Waals surface area (Å²) in [4.78, 5) is 24.3. The molecule has 1 atom stereocenters. The predicted molar refractivity (Wildman–Crippen MR) is 93.9 cm³/mol. The van der Waals surface area contributed by atoms with Crippen LogP contribution in [0.3, 0.4) is 0 Å². The minimum absolute atomic E-state index is 0.196. The molecule has 0 spiro atoms. The smallest absolute Gasteiger partial charge is 0.317 e. The van der Waals surface area contributed by atoms with Crippen LogP contribution in [0, 0.1) is 5.92 Å². The molecule has 0 aliphatic heterocycles. The summed E-state index contributed by atoms with van der Waals surface area (Å²) in [6, 6.07) is 8.25. The minimum atomic E-state index is -0.895. The van der Waals surface area contributed by atoms with Crippen LogP contribution in [0.5, 0.6) is 0 Å². The van der Waals surface area contributed by atoms with Crippen molar-refractivity contribution < 1.29 is 14.7 Å². The molecule has 0 aromatic heterocycles. The van der Waals surface area contributed by atoms with E-state index in [1.165, 1.54) is 42.6 Å². The second-order valence-electron chi connectivity index (χ2n) is 6.86. The summed E-state index contributed by atoms with van der Waals surface area (Å²) in [6.07, 6.45) is 6.56. The molecule has 1 aliphatic carbocycles. The van der Waals surface area contributed by atoms with Crippen molar-refractivity contribution in [3.63, 3.8) is 0 Å². The number of urea groups is 1. The SMILES string of the molecule is CC(CN(C)C(=O)NCc1ccc(C2CCCCC2)cc1)C(=O)O. The average molecular weight is 332 g/mol. The number of hydrogen-bond donors (Lipinski definition) is 2. The third-order valence-electron chi connectivity index (χ3n) is 4.82. The van der Waals surface area contributed by atoms with Crippen molar-refractivity contribution >= 4 is 12.0 Å². The van der Waals surface area contributed by atoms with Crippen LogP contribution in [0.15, 0.2) is 24.3 Å². The maximum atomic E-state index is 12.0. The molecule has 24 heavy (non-hydrogen) atoms. The van der Waals surface area contributed by atoms with Crippen LogP contribution < -0.4 is 5.32 Å². The Morgan fingerprint density at radius 3 is 2.42 bits per heavy atom. The second kappa shape index (κ2) is 8.71. The summed E-state index contributed by atoms with van der Waals surface area (Å²) in [6.45, 7) is 2.24. The Kier molecular flexibility index (Phi) is 6.64. The summed E-state index contributed by atoms with van der Waals surface area (Å²) in [5, 5.41) is 11.7. The van der Waals surface area contributed by atoms with Gasteiger partial charge in [0.15, 0.2) is 0 Å². The van der Waals surface area contributed by atoms with Crippen molar-refractivity contribution in [2.24, 2.45) is 5.92 Å². The maximum Gasteiger partial charge on any atom is 0.317 e. The van der Waals surface area contributed by atoms with E-state index in [0.717, 1.165) is 5.56 Å². The summed E-state index contributed by atoms with van der Waals surface area (Å²) >= 11 is 0. The molecule has 1 aromatic carbocycles. The van der Waals surface area contributed by atoms with E-state index in [4.69, 9.17) is 5.11 Å². The Bertz CT molecular complexity index is 550. The van der Waals surface area contributed by atoms with Gasteiger partial charge in [-0.15, -0.1) is 0 Å². The lowest BCUT2D eigenvalue weighted by Crippen LogP contribution is -2.40. The molecule has 2 amide bonds. The molecule has 0 saturated heterocycles. The Labute approximate surface area is 144 Å². The van der Waals surface area contributed by atoms with Gasteiger partial charge in [-0.3, -0.25) is 4.79 Å². The van der Waals surface area contributed by atoms with Crippen molar-refractivity contribution in [1.82, 2.24) is 10.2 Å². The molecule has 2 rings (SSSR count). The van der Waals surface area contributed by atoms with Gasteiger partial charge in [-0.1, -0.05) is 50.5 Å². The first-order valence-corrected chi connectivity index (χ1v) is 8.78. The number of carboxylic acids is 1. The third-order valence-corrected chi connectivity index (χ3v) is 4.82. The quantitative estimate of drug-likeness (QED) is 0.836. The molecule has 0 radical (unpaired) electrons. The number of aliphatic carboxylic acids is 1. The van der Waals surface area contributed by atoms with Crippen LogP contribution in [0.25, 0.3) is 0 Å². The van der Waals surface area contributed by atoms with Gasteiger partial charge in [0.1, 0.15) is 0 Å². The number of nitrogens with one attached hydrogen (secondary N) is 1. The predicted octanol–water partition coefficient (Wildman–Crippen LogP) is 3.60. The third kappa shape index (κ3) is 5.25. The van der Waals surface area contributed by atoms with E-state index in [1.807, 2.05) is 0 Å². The van der Waals surface area contributed by atoms with Crippen LogP contribution in [-0.4, -0.2) is 35.6 Å². The molecule has 0 heterocycles. The van der Waals surface area contributed by atoms with E-state index in [2.05, 4.69) is 29.6 Å². The highest BCUT2D eigenvalue weighted by molar-refractivity contribution is 5.75. The van der Waals surface area contributed by atoms with Gasteiger partial charge >= 0.3 is 12.0 Å². The van der Waals surface area contributed by atoms with Crippen molar-refractivity contribution in [2.75, 3.05) is 13.6 Å². The van der Waals surface area contributed by atoms with Gasteiger partial charge in [0.05, 0.1) is 5.92 Å². The number of carbonyl (C=O) groups excluding carboxylic acids is 1. The van der Waals surface area contributed by atoms with Crippen LogP contribution in [0.2, 0.25) is 0 Å². The number of nitrogens with zero attached hydrogens (tertiary/aromatic N) is 1. The molecule has 2 N–H and O–H groups in total. The lowest BCUT2D eigenvalue weighted by atomic mass is 9.84. The van der Waals surface area contributed by atoms with Crippen molar-refractivity contribution in [1.29, 1.82) is 0 Å². The number of carbonyl (C=O) groups is 2. The van der Waals surface area contributed by atoms with Crippen LogP contribution >= 0.6 is 0 Å². The van der Waals surface area contributed by atoms with Gasteiger partial charge in [-0.25, -0.2) is 4.79 Å². The fraction of sp³-hybridized carbons (Fsp3) is 0.579. The van der Waals surface area contributed by atoms with Gasteiger partial charge in [0.2, 0.25) is 0 Å². The van der Waals surface area contributed by atoms with Gasteiger partial charge in [-0.2, -0.15) is 0 Å². The van der Waals surface area contributed by atoms with Crippen molar-refractivity contribution in [2.45, 2.75) is 51.5 Å². The fourth-order valence-corrected chi connectivity index (χ4v) is 3.23. The Balaban J connectivity index is 1.81.